The molecule has 0 saturated carbocycles. The highest BCUT2D eigenvalue weighted by atomic mass is 35.5. The van der Waals surface area contributed by atoms with E-state index in [2.05, 4.69) is 23.5 Å². The summed E-state index contributed by atoms with van der Waals surface area (Å²) in [4.78, 5) is 23.0. The Morgan fingerprint density at radius 1 is 1.17 bits per heavy atom. The molecule has 0 unspecified atom stereocenters. The van der Waals surface area contributed by atoms with Crippen molar-refractivity contribution in [1.82, 2.24) is 5.32 Å². The Morgan fingerprint density at radius 3 is 2.36 bits per heavy atom. The third-order valence-electron chi connectivity index (χ3n) is 4.28. The average molecular weight is 542 g/mol. The van der Waals surface area contributed by atoms with Crippen molar-refractivity contribution in [3.8, 4) is 18.6 Å². The number of phenols is 1. The first-order valence-electron chi connectivity index (χ1n) is 10.6. The molecule has 0 aliphatic carbocycles. The highest BCUT2D eigenvalue weighted by Crippen LogP contribution is 2.35. The van der Waals surface area contributed by atoms with Gasteiger partial charge in [-0.3, -0.25) is 14.4 Å². The first-order valence-corrected chi connectivity index (χ1v) is 12.4. The number of benzene rings is 2. The maximum Gasteiger partial charge on any atom is 0.412 e. The Hall–Kier alpha value is -3.49. The molecule has 0 aromatic heterocycles. The van der Waals surface area contributed by atoms with Crippen molar-refractivity contribution in [3.05, 3.63) is 47.2 Å². The molecule has 0 heterocycles. The molecule has 36 heavy (non-hydrogen) atoms. The summed E-state index contributed by atoms with van der Waals surface area (Å²) in [7, 11) is -4.33. The second-order valence-electron chi connectivity index (χ2n) is 8.32. The predicted octanol–water partition coefficient (Wildman–Crippen LogP) is 4.50. The van der Waals surface area contributed by atoms with E-state index in [4.69, 9.17) is 16.3 Å². The number of anilines is 2. The zero-order valence-electron chi connectivity index (χ0n) is 20.3. The van der Waals surface area contributed by atoms with Crippen molar-refractivity contribution in [1.29, 1.82) is 0 Å². The van der Waals surface area contributed by atoms with E-state index in [9.17, 15) is 27.5 Å². The number of carbonyl (C=O) groups excluding carboxylic acids is 2. The molecule has 2 aromatic rings. The van der Waals surface area contributed by atoms with E-state index < -0.39 is 27.5 Å². The van der Waals surface area contributed by atoms with Crippen LogP contribution in [-0.2, 0) is 19.6 Å². The first-order chi connectivity index (χ1) is 16.7. The third-order valence-corrected chi connectivity index (χ3v) is 6.38. The van der Waals surface area contributed by atoms with Crippen LogP contribution >= 0.6 is 11.6 Å². The SMILES string of the molecule is C#C.CC(=O)NCCCN(c1cc(NC(=O)OC(C)(C)C)ccc1O)S(=O)(=O)c1ccc(F)c(Cl)c1. The predicted molar refractivity (Wildman–Crippen MR) is 137 cm³/mol. The number of aromatic hydroxyl groups is 1. The van der Waals surface area contributed by atoms with Crippen LogP contribution in [0.1, 0.15) is 34.1 Å². The lowest BCUT2D eigenvalue weighted by Crippen LogP contribution is -2.34. The van der Waals surface area contributed by atoms with Crippen LogP contribution in [0.2, 0.25) is 5.02 Å². The molecule has 2 aromatic carbocycles. The second-order valence-corrected chi connectivity index (χ2v) is 10.6. The molecule has 0 atom stereocenters. The first kappa shape index (κ1) is 30.5. The van der Waals surface area contributed by atoms with E-state index in [1.165, 1.54) is 25.1 Å². The van der Waals surface area contributed by atoms with E-state index in [0.29, 0.717) is 0 Å². The largest absolute Gasteiger partial charge is 0.506 e. The fourth-order valence-corrected chi connectivity index (χ4v) is 4.63. The Bertz CT molecular complexity index is 1210. The molecule has 0 aliphatic heterocycles. The van der Waals surface area contributed by atoms with Crippen molar-refractivity contribution >= 4 is 45.0 Å². The van der Waals surface area contributed by atoms with Crippen molar-refractivity contribution in [2.24, 2.45) is 0 Å². The molecule has 12 heteroatoms. The van der Waals surface area contributed by atoms with Crippen molar-refractivity contribution in [2.45, 2.75) is 44.6 Å². The number of ether oxygens (including phenoxy) is 1. The highest BCUT2D eigenvalue weighted by molar-refractivity contribution is 7.92. The van der Waals surface area contributed by atoms with E-state index >= 15 is 0 Å². The lowest BCUT2D eigenvalue weighted by Gasteiger charge is -2.26. The molecule has 0 radical (unpaired) electrons. The number of nitrogens with zero attached hydrogens (tertiary/aromatic N) is 1. The number of rotatable bonds is 8. The molecule has 0 fully saturated rings. The van der Waals surface area contributed by atoms with Crippen LogP contribution in [0, 0.1) is 18.7 Å². The molecular formula is C24H29ClFN3O6S. The van der Waals surface area contributed by atoms with Gasteiger partial charge < -0.3 is 15.2 Å². The summed E-state index contributed by atoms with van der Waals surface area (Å²) >= 11 is 5.78. The number of carbonyl (C=O) groups is 2. The number of terminal acetylenes is 1. The van der Waals surface area contributed by atoms with Gasteiger partial charge in [0.2, 0.25) is 5.91 Å². The second kappa shape index (κ2) is 13.0. The molecule has 0 saturated heterocycles. The molecule has 3 N–H and O–H groups in total. The number of halogens is 2. The summed E-state index contributed by atoms with van der Waals surface area (Å²) in [5.41, 5.74) is -0.733. The minimum absolute atomic E-state index is 0.142. The van der Waals surface area contributed by atoms with Gasteiger partial charge in [-0.25, -0.2) is 17.6 Å². The summed E-state index contributed by atoms with van der Waals surface area (Å²) in [6, 6.07) is 6.80. The van der Waals surface area contributed by atoms with Gasteiger partial charge in [-0.2, -0.15) is 0 Å². The minimum atomic E-state index is -4.33. The van der Waals surface area contributed by atoms with Gasteiger partial charge >= 0.3 is 6.09 Å². The van der Waals surface area contributed by atoms with Crippen LogP contribution in [0.4, 0.5) is 20.6 Å². The molecule has 2 amide bonds. The summed E-state index contributed by atoms with van der Waals surface area (Å²) in [5, 5.41) is 15.1. The number of hydrogen-bond acceptors (Lipinski definition) is 6. The van der Waals surface area contributed by atoms with E-state index in [-0.39, 0.29) is 52.5 Å². The summed E-state index contributed by atoms with van der Waals surface area (Å²) < 4.78 is 46.6. The Kier molecular flexibility index (Phi) is 11.0. The zero-order valence-corrected chi connectivity index (χ0v) is 21.9. The Labute approximate surface area is 215 Å². The van der Waals surface area contributed by atoms with Gasteiger partial charge in [0.1, 0.15) is 17.2 Å². The van der Waals surface area contributed by atoms with Gasteiger partial charge in [0, 0.05) is 25.7 Å². The normalized spacial score (nSPS) is 11.0. The molecule has 0 aliphatic rings. The van der Waals surface area contributed by atoms with Crippen molar-refractivity contribution in [2.75, 3.05) is 22.7 Å². The highest BCUT2D eigenvalue weighted by Gasteiger charge is 2.28. The Balaban J connectivity index is 0.00000316. The lowest BCUT2D eigenvalue weighted by molar-refractivity contribution is -0.118. The van der Waals surface area contributed by atoms with Crippen LogP contribution in [0.15, 0.2) is 41.3 Å². The summed E-state index contributed by atoms with van der Waals surface area (Å²) in [6.45, 7) is 6.40. The molecule has 0 bridgehead atoms. The van der Waals surface area contributed by atoms with Gasteiger partial charge in [-0.15, -0.1) is 12.8 Å². The van der Waals surface area contributed by atoms with Gasteiger partial charge in [0.15, 0.2) is 0 Å². The van der Waals surface area contributed by atoms with Crippen LogP contribution < -0.4 is 14.9 Å². The minimum Gasteiger partial charge on any atom is -0.506 e. The van der Waals surface area contributed by atoms with E-state index in [1.54, 1.807) is 20.8 Å². The third kappa shape index (κ3) is 8.94. The van der Waals surface area contributed by atoms with Crippen molar-refractivity contribution in [3.63, 3.8) is 0 Å². The number of nitrogens with one attached hydrogen (secondary N) is 2. The quantitative estimate of drug-likeness (QED) is 0.257. The Morgan fingerprint density at radius 2 is 1.81 bits per heavy atom. The van der Waals surface area contributed by atoms with Gasteiger partial charge in [0.05, 0.1) is 15.6 Å². The summed E-state index contributed by atoms with van der Waals surface area (Å²) in [5.74, 6) is -1.46. The van der Waals surface area contributed by atoms with Gasteiger partial charge in [-0.05, 0) is 63.6 Å². The van der Waals surface area contributed by atoms with E-state index in [0.717, 1.165) is 22.5 Å². The van der Waals surface area contributed by atoms with Crippen LogP contribution in [-0.4, -0.2) is 44.2 Å². The maximum absolute atomic E-state index is 13.6. The maximum atomic E-state index is 13.6. The van der Waals surface area contributed by atoms with Crippen LogP contribution in [0.5, 0.6) is 5.75 Å². The fourth-order valence-electron chi connectivity index (χ4n) is 2.84. The smallest absolute Gasteiger partial charge is 0.412 e. The number of amides is 2. The van der Waals surface area contributed by atoms with Crippen LogP contribution in [0.3, 0.4) is 0 Å². The van der Waals surface area contributed by atoms with Gasteiger partial charge in [0.25, 0.3) is 10.0 Å². The van der Waals surface area contributed by atoms with Crippen molar-refractivity contribution < 1.29 is 32.2 Å². The molecule has 196 valence electrons. The van der Waals surface area contributed by atoms with Gasteiger partial charge in [-0.1, -0.05) is 11.6 Å². The monoisotopic (exact) mass is 541 g/mol. The standard InChI is InChI=1S/C22H27ClFN3O6S.C2H2/c1-14(28)25-10-5-11-27(34(31,32)16-7-8-18(24)17(23)13-16)19-12-15(6-9-20(19)29)26-21(30)33-22(2,3)4;1-2/h6-9,12-13,29H,5,10-11H2,1-4H3,(H,25,28)(H,26,30);1-2H. The topological polar surface area (TPSA) is 125 Å². The van der Waals surface area contributed by atoms with Crippen LogP contribution in [0.25, 0.3) is 0 Å². The fraction of sp³-hybridized carbons (Fsp3) is 0.333. The zero-order chi connectivity index (χ0) is 27.7. The van der Waals surface area contributed by atoms with E-state index in [1.807, 2.05) is 0 Å². The molecular weight excluding hydrogens is 513 g/mol. The summed E-state index contributed by atoms with van der Waals surface area (Å²) in [6.07, 6.45) is 7.42. The average Bonchev–Trinajstić information content (AvgIpc) is 2.77. The number of sulfonamides is 1. The molecule has 2 rings (SSSR count). The lowest BCUT2D eigenvalue weighted by atomic mass is 10.2. The number of phenolic OH excluding ortho intramolecular Hbond substituents is 1. The molecule has 9 nitrogen and oxygen atoms in total. The molecule has 0 spiro atoms. The number of hydrogen-bond donors (Lipinski definition) is 3.